The van der Waals surface area contributed by atoms with Gasteiger partial charge in [0.25, 0.3) is 0 Å². The lowest BCUT2D eigenvalue weighted by Crippen LogP contribution is -2.28. The number of hydrogen-bond acceptors (Lipinski definition) is 27. The van der Waals surface area contributed by atoms with Crippen LogP contribution in [0.2, 0.25) is 0 Å². The van der Waals surface area contributed by atoms with Crippen molar-refractivity contribution in [2.45, 2.75) is 61.5 Å². The molecular weight excluding hydrogens is 1200 g/mol. The van der Waals surface area contributed by atoms with Crippen molar-refractivity contribution in [3.05, 3.63) is 97.2 Å². The normalized spacial score (nSPS) is 10.9. The number of carbonyl (C=O) groups excluding carboxylic acids is 8. The van der Waals surface area contributed by atoms with Crippen LogP contribution in [0.1, 0.15) is 55.4 Å². The van der Waals surface area contributed by atoms with E-state index >= 15 is 0 Å². The maximum atomic E-state index is 12.6. The van der Waals surface area contributed by atoms with Crippen molar-refractivity contribution in [3.63, 3.8) is 0 Å². The highest BCUT2D eigenvalue weighted by Gasteiger charge is 2.28. The Labute approximate surface area is 479 Å². The standard InChI is InChI=1S/C18H27O10P.C12H19O8P.C11H17O8P.C6H11O6P/c1-13(2)16(19)23-7-10-26-29(22,27-11-8-24-17(20)14(3)4)28-12-9-25-18(21)15(5)6;1-9(2)11(13)17-5-7-19-21(15,16)20-8-6-18-12(14)10(3)4;1-7(2)10(12)17-5-9(19-20(14,15)16)6-18-11(13)8(3)4;1-5(2)6(7)11-3-4-12-13(8,9)10/h1,3,5,7-12H2,2,4,6H3;1,3,5-8H2,2,4H3,(H,15,16);9H,1,3,5-6H2,2,4H3,(H2,14,15,16);1,3-4H2,2H3,(H2,8,9,10). The van der Waals surface area contributed by atoms with Gasteiger partial charge >= 0.3 is 79.0 Å². The van der Waals surface area contributed by atoms with Gasteiger partial charge in [0.15, 0.2) is 0 Å². The fourth-order valence-electron chi connectivity index (χ4n) is 3.49. The van der Waals surface area contributed by atoms with Crippen LogP contribution in [0.3, 0.4) is 0 Å². The van der Waals surface area contributed by atoms with E-state index in [2.05, 4.69) is 94.4 Å². The summed E-state index contributed by atoms with van der Waals surface area (Å²) in [5.74, 6) is -5.28. The Kier molecular flexibility index (Phi) is 44.9. The molecule has 0 atom stereocenters. The lowest BCUT2D eigenvalue weighted by molar-refractivity contribution is -0.147. The van der Waals surface area contributed by atoms with Gasteiger partial charge in [-0.05, 0) is 55.4 Å². The molecule has 0 aromatic heterocycles. The van der Waals surface area contributed by atoms with E-state index in [0.717, 1.165) is 0 Å². The second kappa shape index (κ2) is 44.6. The smallest absolute Gasteiger partial charge is 0.460 e. The van der Waals surface area contributed by atoms with Gasteiger partial charge in [0, 0.05) is 44.6 Å². The molecule has 0 bridgehead atoms. The van der Waals surface area contributed by atoms with Gasteiger partial charge < -0.3 is 62.4 Å². The van der Waals surface area contributed by atoms with Gasteiger partial charge in [0.1, 0.15) is 59.0 Å². The number of phosphoric ester groups is 4. The van der Waals surface area contributed by atoms with E-state index in [0.29, 0.717) is 0 Å². The monoisotopic (exact) mass is 1270 g/mol. The Morgan fingerprint density at radius 1 is 0.301 bits per heavy atom. The van der Waals surface area contributed by atoms with Crippen LogP contribution in [0.15, 0.2) is 97.2 Å². The first-order valence-corrected chi connectivity index (χ1v) is 29.2. The number of rotatable bonds is 38. The highest BCUT2D eigenvalue weighted by molar-refractivity contribution is 7.48. The lowest BCUT2D eigenvalue weighted by atomic mass is 10.3. The third kappa shape index (κ3) is 52.7. The minimum absolute atomic E-state index is 0.110. The largest absolute Gasteiger partial charge is 0.475 e. The van der Waals surface area contributed by atoms with E-state index in [9.17, 15) is 61.5 Å². The van der Waals surface area contributed by atoms with Crippen molar-refractivity contribution in [2.24, 2.45) is 0 Å². The first kappa shape index (κ1) is 83.6. The Morgan fingerprint density at radius 2 is 0.494 bits per heavy atom. The summed E-state index contributed by atoms with van der Waals surface area (Å²) in [7, 11) is -17.7. The topological polar surface area (TPSA) is 444 Å². The maximum absolute atomic E-state index is 12.6. The maximum Gasteiger partial charge on any atom is 0.475 e. The molecule has 0 spiro atoms. The van der Waals surface area contributed by atoms with Crippen molar-refractivity contribution < 1.29 is 151 Å². The summed E-state index contributed by atoms with van der Waals surface area (Å²) in [6.45, 7) is 34.4. The Bertz CT molecular complexity index is 2330. The van der Waals surface area contributed by atoms with Crippen LogP contribution >= 0.6 is 31.3 Å². The SMILES string of the molecule is C=C(C)C(=O)OCC(COC(=O)C(=C)C)OP(=O)(O)O.C=C(C)C(=O)OCCOP(=O)(O)O.C=C(C)C(=O)OCCOP(=O)(O)OCCOC(=O)C(=C)C.C=C(C)C(=O)OCCOP(=O)(OCCOC(=O)C(=C)C)OCCOC(=O)C(=C)C. The summed E-state index contributed by atoms with van der Waals surface area (Å²) in [6, 6.07) is 0. The molecular formula is C47H74O32P4. The Morgan fingerprint density at radius 3 is 0.687 bits per heavy atom. The number of ether oxygens (including phenoxy) is 8. The second-order valence-electron chi connectivity index (χ2n) is 15.9. The second-order valence-corrected chi connectivity index (χ2v) is 21.4. The minimum Gasteiger partial charge on any atom is -0.460 e. The van der Waals surface area contributed by atoms with Crippen LogP contribution in [0.25, 0.3) is 0 Å². The molecule has 474 valence electrons. The summed E-state index contributed by atoms with van der Waals surface area (Å²) in [6.07, 6.45) is -1.30. The van der Waals surface area contributed by atoms with Crippen molar-refractivity contribution in [3.8, 4) is 0 Å². The molecule has 0 aliphatic rings. The fraction of sp³-hybridized carbons (Fsp3) is 0.489. The molecule has 0 heterocycles. The third-order valence-electron chi connectivity index (χ3n) is 7.29. The minimum atomic E-state index is -4.82. The van der Waals surface area contributed by atoms with E-state index in [1.54, 1.807) is 0 Å². The molecule has 0 fully saturated rings. The first-order valence-electron chi connectivity index (χ1n) is 23.2. The van der Waals surface area contributed by atoms with Crippen molar-refractivity contribution >= 4 is 79.0 Å². The summed E-state index contributed by atoms with van der Waals surface area (Å²) < 4.78 is 115. The zero-order chi connectivity index (χ0) is 65.3. The summed E-state index contributed by atoms with van der Waals surface area (Å²) in [5, 5.41) is 0. The summed E-state index contributed by atoms with van der Waals surface area (Å²) in [5.41, 5.74) is 1.43. The van der Waals surface area contributed by atoms with Gasteiger partial charge in [-0.2, -0.15) is 0 Å². The predicted molar refractivity (Wildman–Crippen MR) is 288 cm³/mol. The van der Waals surface area contributed by atoms with Crippen LogP contribution in [-0.2, 0) is 126 Å². The molecule has 0 unspecified atom stereocenters. The van der Waals surface area contributed by atoms with E-state index in [1.165, 1.54) is 55.4 Å². The Balaban J connectivity index is -0.000000519. The van der Waals surface area contributed by atoms with E-state index in [-0.39, 0.29) is 124 Å². The Hall–Kier alpha value is -5.88. The molecule has 5 N–H and O–H groups in total. The molecule has 0 aromatic rings. The van der Waals surface area contributed by atoms with E-state index in [1.807, 2.05) is 0 Å². The average molecular weight is 1270 g/mol. The molecule has 0 amide bonds. The van der Waals surface area contributed by atoms with Gasteiger partial charge in [-0.3, -0.25) is 31.7 Å². The molecule has 0 rings (SSSR count). The van der Waals surface area contributed by atoms with Gasteiger partial charge in [0.05, 0.1) is 39.6 Å². The molecule has 83 heavy (non-hydrogen) atoms. The first-order chi connectivity index (χ1) is 38.0. The van der Waals surface area contributed by atoms with Crippen LogP contribution in [0, 0.1) is 0 Å². The number of esters is 8. The summed E-state index contributed by atoms with van der Waals surface area (Å²) in [4.78, 5) is 132. The molecule has 0 aliphatic carbocycles. The molecule has 36 heteroatoms. The highest BCUT2D eigenvalue weighted by Crippen LogP contribution is 2.49. The van der Waals surface area contributed by atoms with Gasteiger partial charge in [-0.25, -0.2) is 56.6 Å². The van der Waals surface area contributed by atoms with Crippen molar-refractivity contribution in [2.75, 3.05) is 92.5 Å². The lowest BCUT2D eigenvalue weighted by Gasteiger charge is -2.18. The quantitative estimate of drug-likeness (QED) is 0.0182. The van der Waals surface area contributed by atoms with Crippen LogP contribution in [0.4, 0.5) is 0 Å². The van der Waals surface area contributed by atoms with Gasteiger partial charge in [-0.15, -0.1) is 0 Å². The molecule has 0 radical (unpaired) electrons. The number of phosphoric acid groups is 4. The van der Waals surface area contributed by atoms with E-state index in [4.69, 9.17) is 47.4 Å². The highest BCUT2D eigenvalue weighted by atomic mass is 31.2. The average Bonchev–Trinajstić information content (AvgIpc) is 3.36. The van der Waals surface area contributed by atoms with Crippen LogP contribution < -0.4 is 0 Å². The molecule has 0 saturated heterocycles. The third-order valence-corrected chi connectivity index (χ3v) is 10.9. The van der Waals surface area contributed by atoms with Crippen LogP contribution in [-0.4, -0.2) is 171 Å². The molecule has 0 saturated carbocycles. The molecule has 32 nitrogen and oxygen atoms in total. The van der Waals surface area contributed by atoms with Gasteiger partial charge in [-0.1, -0.05) is 52.6 Å². The summed E-state index contributed by atoms with van der Waals surface area (Å²) >= 11 is 0. The van der Waals surface area contributed by atoms with Crippen LogP contribution in [0.5, 0.6) is 0 Å². The van der Waals surface area contributed by atoms with Crippen molar-refractivity contribution in [1.29, 1.82) is 0 Å². The van der Waals surface area contributed by atoms with Gasteiger partial charge in [0.2, 0.25) is 0 Å². The fourth-order valence-corrected chi connectivity index (χ4v) is 6.12. The number of hydrogen-bond donors (Lipinski definition) is 5. The number of carbonyl (C=O) groups is 8. The van der Waals surface area contributed by atoms with Crippen molar-refractivity contribution in [1.82, 2.24) is 0 Å². The predicted octanol–water partition coefficient (Wildman–Crippen LogP) is 4.78. The van der Waals surface area contributed by atoms with E-state index < -0.39 is 98.4 Å². The zero-order valence-corrected chi connectivity index (χ0v) is 50.8. The zero-order valence-electron chi connectivity index (χ0n) is 47.2. The molecule has 0 aliphatic heterocycles. The molecule has 0 aromatic carbocycles.